The second-order valence-corrected chi connectivity index (χ2v) is 5.53. The van der Waals surface area contributed by atoms with Gasteiger partial charge in [0, 0.05) is 0 Å². The third-order valence-corrected chi connectivity index (χ3v) is 3.04. The zero-order valence-corrected chi connectivity index (χ0v) is 8.33. The molecule has 3 nitrogen and oxygen atoms in total. The molecule has 0 amide bonds. The average molecular weight is 219 g/mol. The first-order chi connectivity index (χ1) is 5.37. The van der Waals surface area contributed by atoms with Crippen LogP contribution in [0.2, 0.25) is 0 Å². The SMILES string of the molecule is CC(C)(C)C(C(F)(F)F)S(N)(=O)=O. The zero-order chi connectivity index (χ0) is 11.1. The van der Waals surface area contributed by atoms with Crippen LogP contribution >= 0.6 is 0 Å². The molecule has 0 spiro atoms. The maximum Gasteiger partial charge on any atom is 0.407 e. The topological polar surface area (TPSA) is 60.2 Å². The lowest BCUT2D eigenvalue weighted by molar-refractivity contribution is -0.147. The third-order valence-electron chi connectivity index (χ3n) is 1.41. The Labute approximate surface area is 75.2 Å². The fourth-order valence-electron chi connectivity index (χ4n) is 1.17. The molecule has 7 heteroatoms. The first-order valence-electron chi connectivity index (χ1n) is 3.45. The summed E-state index contributed by atoms with van der Waals surface area (Å²) >= 11 is 0. The summed E-state index contributed by atoms with van der Waals surface area (Å²) in [4.78, 5) is 0. The minimum Gasteiger partial charge on any atom is -0.228 e. The van der Waals surface area contributed by atoms with Gasteiger partial charge in [0.05, 0.1) is 0 Å². The number of sulfonamides is 1. The van der Waals surface area contributed by atoms with Crippen molar-refractivity contribution in [1.82, 2.24) is 0 Å². The standard InChI is InChI=1S/C6H12F3NO2S/c1-5(2,3)4(6(7,8)9)13(10,11)12/h4H,1-3H3,(H2,10,11,12). The Hall–Kier alpha value is -0.300. The molecule has 1 atom stereocenters. The van der Waals surface area contributed by atoms with Gasteiger partial charge in [-0.2, -0.15) is 13.2 Å². The molecule has 0 heterocycles. The van der Waals surface area contributed by atoms with E-state index >= 15 is 0 Å². The molecule has 1 unspecified atom stereocenters. The Bertz CT molecular complexity index is 261. The van der Waals surface area contributed by atoms with Crippen molar-refractivity contribution < 1.29 is 21.6 Å². The molecule has 0 rings (SSSR count). The largest absolute Gasteiger partial charge is 0.407 e. The maximum atomic E-state index is 12.3. The first-order valence-corrected chi connectivity index (χ1v) is 5.06. The van der Waals surface area contributed by atoms with Crippen LogP contribution in [0.3, 0.4) is 0 Å². The van der Waals surface area contributed by atoms with E-state index in [0.717, 1.165) is 0 Å². The van der Waals surface area contributed by atoms with Gasteiger partial charge in [0.15, 0.2) is 5.25 Å². The van der Waals surface area contributed by atoms with Crippen LogP contribution in [0.4, 0.5) is 13.2 Å². The molecule has 0 saturated carbocycles. The summed E-state index contributed by atoms with van der Waals surface area (Å²) in [6.07, 6.45) is -4.83. The van der Waals surface area contributed by atoms with Crippen molar-refractivity contribution in [2.45, 2.75) is 32.2 Å². The van der Waals surface area contributed by atoms with Crippen molar-refractivity contribution in [2.24, 2.45) is 10.6 Å². The van der Waals surface area contributed by atoms with Crippen LogP contribution in [-0.4, -0.2) is 19.8 Å². The summed E-state index contributed by atoms with van der Waals surface area (Å²) in [7, 11) is -4.61. The zero-order valence-electron chi connectivity index (χ0n) is 7.51. The van der Waals surface area contributed by atoms with Crippen LogP contribution in [0.25, 0.3) is 0 Å². The van der Waals surface area contributed by atoms with Crippen LogP contribution < -0.4 is 5.14 Å². The van der Waals surface area contributed by atoms with Crippen molar-refractivity contribution in [2.75, 3.05) is 0 Å². The molecule has 13 heavy (non-hydrogen) atoms. The Morgan fingerprint density at radius 3 is 1.46 bits per heavy atom. The molecular formula is C6H12F3NO2S. The molecule has 0 radical (unpaired) electrons. The summed E-state index contributed by atoms with van der Waals surface area (Å²) in [5.41, 5.74) is -1.45. The number of alkyl halides is 3. The molecular weight excluding hydrogens is 207 g/mol. The number of hydrogen-bond acceptors (Lipinski definition) is 2. The normalized spacial score (nSPS) is 17.2. The Morgan fingerprint density at radius 2 is 1.46 bits per heavy atom. The van der Waals surface area contributed by atoms with E-state index in [1.165, 1.54) is 20.8 Å². The van der Waals surface area contributed by atoms with Crippen LogP contribution in [0.15, 0.2) is 0 Å². The highest BCUT2D eigenvalue weighted by molar-refractivity contribution is 7.89. The van der Waals surface area contributed by atoms with Gasteiger partial charge < -0.3 is 0 Å². The maximum absolute atomic E-state index is 12.3. The number of hydrogen-bond donors (Lipinski definition) is 1. The molecule has 0 aliphatic heterocycles. The van der Waals surface area contributed by atoms with Crippen LogP contribution in [0.1, 0.15) is 20.8 Å². The van der Waals surface area contributed by atoms with Crippen LogP contribution in [0, 0.1) is 5.41 Å². The Morgan fingerprint density at radius 1 is 1.15 bits per heavy atom. The molecule has 0 aromatic heterocycles. The quantitative estimate of drug-likeness (QED) is 0.721. The predicted molar refractivity (Wildman–Crippen MR) is 42.4 cm³/mol. The van der Waals surface area contributed by atoms with Gasteiger partial charge in [-0.25, -0.2) is 13.6 Å². The van der Waals surface area contributed by atoms with E-state index in [4.69, 9.17) is 0 Å². The molecule has 0 aromatic carbocycles. The van der Waals surface area contributed by atoms with Gasteiger partial charge in [0.2, 0.25) is 10.0 Å². The van der Waals surface area contributed by atoms with E-state index in [0.29, 0.717) is 0 Å². The van der Waals surface area contributed by atoms with Crippen molar-refractivity contribution in [1.29, 1.82) is 0 Å². The number of nitrogens with two attached hydrogens (primary N) is 1. The molecule has 0 bridgehead atoms. The molecule has 0 aliphatic carbocycles. The smallest absolute Gasteiger partial charge is 0.228 e. The minimum absolute atomic E-state index is 1.18. The number of primary sulfonamides is 1. The highest BCUT2D eigenvalue weighted by Gasteiger charge is 2.53. The second-order valence-electron chi connectivity index (χ2n) is 3.88. The second kappa shape index (κ2) is 3.13. The fraction of sp³-hybridized carbons (Fsp3) is 1.00. The van der Waals surface area contributed by atoms with Gasteiger partial charge in [-0.15, -0.1) is 0 Å². The summed E-state index contributed by atoms with van der Waals surface area (Å²) in [5.74, 6) is 0. The van der Waals surface area contributed by atoms with Gasteiger partial charge >= 0.3 is 6.18 Å². The first kappa shape index (κ1) is 12.7. The molecule has 0 aliphatic rings. The van der Waals surface area contributed by atoms with Gasteiger partial charge in [-0.1, -0.05) is 20.8 Å². The van der Waals surface area contributed by atoms with E-state index in [-0.39, 0.29) is 0 Å². The van der Waals surface area contributed by atoms with Gasteiger partial charge in [-0.3, -0.25) is 0 Å². The molecule has 2 N–H and O–H groups in total. The van der Waals surface area contributed by atoms with E-state index in [1.807, 2.05) is 0 Å². The van der Waals surface area contributed by atoms with Gasteiger partial charge in [0.1, 0.15) is 0 Å². The van der Waals surface area contributed by atoms with Crippen LogP contribution in [-0.2, 0) is 10.0 Å². The lowest BCUT2D eigenvalue weighted by Crippen LogP contribution is -2.49. The van der Waals surface area contributed by atoms with Crippen molar-refractivity contribution in [3.05, 3.63) is 0 Å². The van der Waals surface area contributed by atoms with Crippen molar-refractivity contribution in [3.8, 4) is 0 Å². The lowest BCUT2D eigenvalue weighted by Gasteiger charge is -2.30. The van der Waals surface area contributed by atoms with Crippen molar-refractivity contribution in [3.63, 3.8) is 0 Å². The molecule has 0 aromatic rings. The summed E-state index contributed by atoms with van der Waals surface area (Å²) < 4.78 is 58.1. The fourth-order valence-corrected chi connectivity index (χ4v) is 2.53. The molecule has 0 fully saturated rings. The molecule has 0 saturated heterocycles. The van der Waals surface area contributed by atoms with Crippen molar-refractivity contribution >= 4 is 10.0 Å². The highest BCUT2D eigenvalue weighted by Crippen LogP contribution is 2.37. The van der Waals surface area contributed by atoms with Crippen LogP contribution in [0.5, 0.6) is 0 Å². The van der Waals surface area contributed by atoms with E-state index in [9.17, 15) is 21.6 Å². The van der Waals surface area contributed by atoms with Gasteiger partial charge in [0.25, 0.3) is 0 Å². The highest BCUT2D eigenvalue weighted by atomic mass is 32.2. The monoisotopic (exact) mass is 219 g/mol. The number of rotatable bonds is 1. The predicted octanol–water partition coefficient (Wildman–Crippen LogP) is 1.25. The third kappa shape index (κ3) is 3.51. The summed E-state index contributed by atoms with van der Waals surface area (Å²) in [6, 6.07) is 0. The van der Waals surface area contributed by atoms with Gasteiger partial charge in [-0.05, 0) is 5.41 Å². The van der Waals surface area contributed by atoms with E-state index in [1.54, 1.807) is 0 Å². The summed E-state index contributed by atoms with van der Waals surface area (Å²) in [6.45, 7) is 3.53. The minimum atomic E-state index is -4.83. The van der Waals surface area contributed by atoms with E-state index in [2.05, 4.69) is 5.14 Å². The number of halogens is 3. The lowest BCUT2D eigenvalue weighted by atomic mass is 9.91. The summed E-state index contributed by atoms with van der Waals surface area (Å²) in [5, 5.41) is 1.98. The average Bonchev–Trinajstić information content (AvgIpc) is 1.44. The Balaban J connectivity index is 5.28. The molecule has 80 valence electrons. The Kier molecular flexibility index (Phi) is 3.05. The van der Waals surface area contributed by atoms with E-state index < -0.39 is 26.9 Å².